The first kappa shape index (κ1) is 20.8. The Morgan fingerprint density at radius 2 is 2.10 bits per heavy atom. The number of aromatic nitrogens is 2. The number of nitrogens with two attached hydrogens (primary N) is 1. The number of nitrogens with one attached hydrogen (secondary N) is 1. The summed E-state index contributed by atoms with van der Waals surface area (Å²) < 4.78 is 28.9. The van der Waals surface area contributed by atoms with Crippen LogP contribution in [0.15, 0.2) is 35.1 Å². The van der Waals surface area contributed by atoms with E-state index < -0.39 is 5.92 Å². The van der Waals surface area contributed by atoms with Crippen LogP contribution in [0, 0.1) is 11.8 Å². The molecule has 0 spiro atoms. The summed E-state index contributed by atoms with van der Waals surface area (Å²) in [5.74, 6) is -0.662. The lowest BCUT2D eigenvalue weighted by Crippen LogP contribution is -2.62. The molecule has 3 aliphatic heterocycles. The molecular formula is C22H31F2N7. The molecule has 31 heavy (non-hydrogen) atoms. The fourth-order valence-corrected chi connectivity index (χ4v) is 5.69. The van der Waals surface area contributed by atoms with Crippen molar-refractivity contribution in [2.75, 3.05) is 26.7 Å². The minimum Gasteiger partial charge on any atom is -0.326 e. The normalized spacial score (nSPS) is 34.2. The van der Waals surface area contributed by atoms with Crippen LogP contribution in [0.25, 0.3) is 0 Å². The Kier molecular flexibility index (Phi) is 5.66. The van der Waals surface area contributed by atoms with Crippen molar-refractivity contribution in [3.8, 4) is 0 Å². The highest BCUT2D eigenvalue weighted by atomic mass is 19.1. The van der Waals surface area contributed by atoms with Crippen molar-refractivity contribution in [1.29, 1.82) is 0 Å². The Morgan fingerprint density at radius 3 is 2.87 bits per heavy atom. The first-order chi connectivity index (χ1) is 15.0. The van der Waals surface area contributed by atoms with E-state index in [0.29, 0.717) is 5.92 Å². The van der Waals surface area contributed by atoms with Crippen molar-refractivity contribution in [2.24, 2.45) is 22.7 Å². The molecule has 1 aliphatic carbocycles. The Labute approximate surface area is 181 Å². The van der Waals surface area contributed by atoms with E-state index in [0.717, 1.165) is 45.6 Å². The molecular weight excluding hydrogens is 400 g/mol. The predicted octanol–water partition coefficient (Wildman–Crippen LogP) is 2.16. The van der Waals surface area contributed by atoms with Gasteiger partial charge in [-0.3, -0.25) is 19.9 Å². The first-order valence-corrected chi connectivity index (χ1v) is 11.2. The monoisotopic (exact) mass is 431 g/mol. The van der Waals surface area contributed by atoms with E-state index in [1.54, 1.807) is 0 Å². The molecule has 0 radical (unpaired) electrons. The van der Waals surface area contributed by atoms with Gasteiger partial charge in [-0.25, -0.2) is 8.78 Å². The second kappa shape index (κ2) is 8.44. The number of hydrazone groups is 1. The van der Waals surface area contributed by atoms with Crippen molar-refractivity contribution in [1.82, 2.24) is 25.0 Å². The predicted molar refractivity (Wildman–Crippen MR) is 115 cm³/mol. The Hall–Kier alpha value is -2.10. The van der Waals surface area contributed by atoms with Crippen molar-refractivity contribution in [3.05, 3.63) is 41.3 Å². The number of aromatic amines is 1. The van der Waals surface area contributed by atoms with Gasteiger partial charge in [-0.1, -0.05) is 0 Å². The zero-order valence-corrected chi connectivity index (χ0v) is 17.9. The standard InChI is InChI=1S/C22H31F2N7/c1-29-10-14(8-27-29)4-5-30-12-17(31-11-15-9-26-28-21(15)13-31)7-20(25)22(30)18-6-16(23)2-3-19(18)24/h2-3,8-9,14,17-18,20,22H,4-7,10-13,25H2,1H3,(H,26,28)/t14?,17?,18?,20?,22-/m1/s1. The summed E-state index contributed by atoms with van der Waals surface area (Å²) in [6.45, 7) is 4.20. The maximum absolute atomic E-state index is 14.8. The summed E-state index contributed by atoms with van der Waals surface area (Å²) in [5, 5.41) is 13.5. The minimum atomic E-state index is -0.517. The van der Waals surface area contributed by atoms with Gasteiger partial charge in [-0.2, -0.15) is 10.2 Å². The van der Waals surface area contributed by atoms with E-state index in [1.807, 2.05) is 24.5 Å². The quantitative estimate of drug-likeness (QED) is 0.747. The molecule has 5 rings (SSSR count). The van der Waals surface area contributed by atoms with Crippen LogP contribution in [0.4, 0.5) is 8.78 Å². The zero-order chi connectivity index (χ0) is 21.5. The van der Waals surface area contributed by atoms with Gasteiger partial charge in [0.15, 0.2) is 0 Å². The molecule has 1 aromatic rings. The third-order valence-electron chi connectivity index (χ3n) is 7.27. The lowest BCUT2D eigenvalue weighted by Gasteiger charge is -2.49. The van der Waals surface area contributed by atoms with Crippen molar-refractivity contribution in [2.45, 2.75) is 50.5 Å². The number of nitrogens with zero attached hydrogens (tertiary/aromatic N) is 5. The van der Waals surface area contributed by atoms with Gasteiger partial charge in [0.05, 0.1) is 11.9 Å². The highest BCUT2D eigenvalue weighted by molar-refractivity contribution is 5.62. The summed E-state index contributed by atoms with van der Waals surface area (Å²) in [7, 11) is 1.97. The van der Waals surface area contributed by atoms with Gasteiger partial charge < -0.3 is 5.73 Å². The fraction of sp³-hybridized carbons (Fsp3) is 0.636. The first-order valence-electron chi connectivity index (χ1n) is 11.2. The lowest BCUT2D eigenvalue weighted by atomic mass is 9.80. The number of piperidine rings is 1. The molecule has 0 saturated carbocycles. The molecule has 7 nitrogen and oxygen atoms in total. The van der Waals surface area contributed by atoms with Crippen LogP contribution in [0.3, 0.4) is 0 Å². The molecule has 3 N–H and O–H groups in total. The van der Waals surface area contributed by atoms with Gasteiger partial charge in [0.2, 0.25) is 0 Å². The third-order valence-corrected chi connectivity index (χ3v) is 7.27. The number of hydrogen-bond donors (Lipinski definition) is 2. The van der Waals surface area contributed by atoms with Crippen LogP contribution in [0.2, 0.25) is 0 Å². The Bertz CT molecular complexity index is 874. The van der Waals surface area contributed by atoms with Crippen molar-refractivity contribution in [3.63, 3.8) is 0 Å². The van der Waals surface area contributed by atoms with Crippen LogP contribution in [0.5, 0.6) is 0 Å². The molecule has 5 atom stereocenters. The Balaban J connectivity index is 1.33. The number of rotatable bonds is 5. The highest BCUT2D eigenvalue weighted by Crippen LogP contribution is 2.37. The topological polar surface area (TPSA) is 76.8 Å². The number of allylic oxidation sites excluding steroid dienone is 3. The minimum absolute atomic E-state index is 0.0927. The van der Waals surface area contributed by atoms with Gasteiger partial charge in [0.25, 0.3) is 0 Å². The largest absolute Gasteiger partial charge is 0.326 e. The van der Waals surface area contributed by atoms with E-state index in [1.165, 1.54) is 23.4 Å². The molecule has 4 unspecified atom stereocenters. The maximum atomic E-state index is 14.8. The van der Waals surface area contributed by atoms with Gasteiger partial charge in [0, 0.05) is 81.4 Å². The van der Waals surface area contributed by atoms with Gasteiger partial charge >= 0.3 is 0 Å². The van der Waals surface area contributed by atoms with E-state index in [9.17, 15) is 8.78 Å². The maximum Gasteiger partial charge on any atom is 0.105 e. The van der Waals surface area contributed by atoms with Crippen LogP contribution in [-0.4, -0.2) is 76.0 Å². The molecule has 9 heteroatoms. The van der Waals surface area contributed by atoms with E-state index in [2.05, 4.69) is 25.1 Å². The summed E-state index contributed by atoms with van der Waals surface area (Å²) >= 11 is 0. The molecule has 1 fully saturated rings. The van der Waals surface area contributed by atoms with Crippen molar-refractivity contribution >= 4 is 6.21 Å². The average Bonchev–Trinajstić information content (AvgIpc) is 3.44. The number of hydrogen-bond acceptors (Lipinski definition) is 6. The third kappa shape index (κ3) is 4.18. The van der Waals surface area contributed by atoms with Crippen LogP contribution in [0.1, 0.15) is 30.5 Å². The van der Waals surface area contributed by atoms with E-state index in [4.69, 9.17) is 5.73 Å². The van der Waals surface area contributed by atoms with E-state index in [-0.39, 0.29) is 36.2 Å². The number of likely N-dealkylation sites (tertiary alicyclic amines) is 1. The molecule has 1 saturated heterocycles. The molecule has 0 bridgehead atoms. The van der Waals surface area contributed by atoms with E-state index >= 15 is 0 Å². The van der Waals surface area contributed by atoms with Crippen LogP contribution in [-0.2, 0) is 13.1 Å². The number of fused-ring (bicyclic) bond motifs is 1. The summed E-state index contributed by atoms with van der Waals surface area (Å²) in [6, 6.07) is -0.140. The molecule has 168 valence electrons. The molecule has 4 heterocycles. The van der Waals surface area contributed by atoms with Gasteiger partial charge in [-0.05, 0) is 31.5 Å². The average molecular weight is 432 g/mol. The van der Waals surface area contributed by atoms with Crippen molar-refractivity contribution < 1.29 is 8.78 Å². The summed E-state index contributed by atoms with van der Waals surface area (Å²) in [6.07, 6.45) is 8.22. The zero-order valence-electron chi connectivity index (χ0n) is 17.9. The SMILES string of the molecule is CN1CC(CCN2CC(N3Cc4cn[nH]c4C3)CC(N)[C@H]2C2CC(F)=CC=C2F)C=N1. The smallest absolute Gasteiger partial charge is 0.105 e. The fourth-order valence-electron chi connectivity index (χ4n) is 5.69. The van der Waals surface area contributed by atoms with Crippen LogP contribution < -0.4 is 5.73 Å². The lowest BCUT2D eigenvalue weighted by molar-refractivity contribution is 0.0180. The van der Waals surface area contributed by atoms with Gasteiger partial charge in [0.1, 0.15) is 11.7 Å². The number of H-pyrrole nitrogens is 1. The second-order valence-corrected chi connectivity index (χ2v) is 9.45. The number of halogens is 2. The molecule has 4 aliphatic rings. The highest BCUT2D eigenvalue weighted by Gasteiger charge is 2.43. The second-order valence-electron chi connectivity index (χ2n) is 9.45. The summed E-state index contributed by atoms with van der Waals surface area (Å²) in [4.78, 5) is 4.76. The summed E-state index contributed by atoms with van der Waals surface area (Å²) in [5.41, 5.74) is 9.10. The van der Waals surface area contributed by atoms with Crippen LogP contribution >= 0.6 is 0 Å². The molecule has 0 amide bonds. The Morgan fingerprint density at radius 1 is 1.23 bits per heavy atom. The van der Waals surface area contributed by atoms with Gasteiger partial charge in [-0.15, -0.1) is 0 Å². The molecule has 1 aromatic heterocycles. The molecule has 0 aromatic carbocycles.